The van der Waals surface area contributed by atoms with Gasteiger partial charge in [0.2, 0.25) is 0 Å². The Bertz CT molecular complexity index is 979. The molecule has 0 fully saturated rings. The van der Waals surface area contributed by atoms with Crippen molar-refractivity contribution >= 4 is 11.0 Å². The summed E-state index contributed by atoms with van der Waals surface area (Å²) in [4.78, 5) is 11.9. The third kappa shape index (κ3) is 2.11. The van der Waals surface area contributed by atoms with E-state index in [1.54, 1.807) is 19.3 Å². The summed E-state index contributed by atoms with van der Waals surface area (Å²) < 4.78 is 13.0. The van der Waals surface area contributed by atoms with Crippen LogP contribution in [0, 0.1) is 20.8 Å². The molecule has 3 aromatic rings. The van der Waals surface area contributed by atoms with Crippen molar-refractivity contribution < 1.29 is 14.3 Å². The number of hydrogen-bond donors (Lipinski definition) is 1. The molecule has 0 radical (unpaired) electrons. The number of aryl methyl sites for hydroxylation is 2. The monoisotopic (exact) mass is 313 g/mol. The summed E-state index contributed by atoms with van der Waals surface area (Å²) in [6.45, 7) is 5.75. The molecule has 1 N–H and O–H groups in total. The molecule has 0 amide bonds. The quantitative estimate of drug-likeness (QED) is 0.787. The molecule has 23 heavy (non-hydrogen) atoms. The van der Waals surface area contributed by atoms with Gasteiger partial charge in [-0.1, -0.05) is 0 Å². The van der Waals surface area contributed by atoms with E-state index in [0.29, 0.717) is 28.0 Å². The molecule has 0 saturated carbocycles. The molecule has 0 bridgehead atoms. The molecular weight excluding hydrogens is 294 g/mol. The van der Waals surface area contributed by atoms with E-state index in [2.05, 4.69) is 0 Å². The molecular formula is C18H19NO4. The van der Waals surface area contributed by atoms with Crippen LogP contribution < -0.4 is 10.3 Å². The molecule has 5 heteroatoms. The van der Waals surface area contributed by atoms with Crippen molar-refractivity contribution in [3.8, 4) is 22.8 Å². The summed E-state index contributed by atoms with van der Waals surface area (Å²) in [7, 11) is 3.21. The van der Waals surface area contributed by atoms with Crippen molar-refractivity contribution in [2.24, 2.45) is 7.05 Å². The molecule has 1 aromatic carbocycles. The van der Waals surface area contributed by atoms with Gasteiger partial charge in [0.15, 0.2) is 11.5 Å². The summed E-state index contributed by atoms with van der Waals surface area (Å²) in [6, 6.07) is 3.28. The average Bonchev–Trinajstić information content (AvgIpc) is 2.93. The normalized spacial score (nSPS) is 11.2. The first-order chi connectivity index (χ1) is 10.9. The first kappa shape index (κ1) is 15.2. The van der Waals surface area contributed by atoms with Crippen LogP contribution in [0.15, 0.2) is 27.5 Å². The van der Waals surface area contributed by atoms with Crippen molar-refractivity contribution in [3.05, 3.63) is 45.4 Å². The highest BCUT2D eigenvalue weighted by Crippen LogP contribution is 2.47. The molecule has 3 rings (SSSR count). The van der Waals surface area contributed by atoms with E-state index >= 15 is 0 Å². The average molecular weight is 313 g/mol. The van der Waals surface area contributed by atoms with Crippen LogP contribution in [0.25, 0.3) is 22.3 Å². The zero-order valence-electron chi connectivity index (χ0n) is 13.9. The Labute approximate surface area is 133 Å². The number of rotatable bonds is 2. The largest absolute Gasteiger partial charge is 0.507 e. The Kier molecular flexibility index (Phi) is 3.43. The SMILES string of the molecule is COc1c(-c2ccn(C)c(=O)c2)oc2c(C)c(C)c(C)c(O)c12. The second-order valence-electron chi connectivity index (χ2n) is 5.76. The number of hydrogen-bond acceptors (Lipinski definition) is 4. The number of fused-ring (bicyclic) bond motifs is 1. The third-order valence-corrected chi connectivity index (χ3v) is 4.49. The van der Waals surface area contributed by atoms with Gasteiger partial charge in [-0.05, 0) is 43.5 Å². The van der Waals surface area contributed by atoms with Crippen molar-refractivity contribution in [1.29, 1.82) is 0 Å². The number of methoxy groups -OCH3 is 1. The van der Waals surface area contributed by atoms with Crippen molar-refractivity contribution in [2.45, 2.75) is 20.8 Å². The zero-order valence-corrected chi connectivity index (χ0v) is 13.9. The predicted molar refractivity (Wildman–Crippen MR) is 89.3 cm³/mol. The maximum absolute atomic E-state index is 11.9. The number of ether oxygens (including phenoxy) is 1. The lowest BCUT2D eigenvalue weighted by Gasteiger charge is -2.09. The van der Waals surface area contributed by atoms with Gasteiger partial charge in [0.1, 0.15) is 16.7 Å². The predicted octanol–water partition coefficient (Wildman–Crippen LogP) is 3.44. The van der Waals surface area contributed by atoms with E-state index in [-0.39, 0.29) is 11.3 Å². The Morgan fingerprint density at radius 1 is 1.17 bits per heavy atom. The van der Waals surface area contributed by atoms with Crippen LogP contribution in [0.4, 0.5) is 0 Å². The lowest BCUT2D eigenvalue weighted by Crippen LogP contribution is -2.14. The Balaban J connectivity index is 2.43. The van der Waals surface area contributed by atoms with Crippen LogP contribution in [-0.2, 0) is 7.05 Å². The second-order valence-corrected chi connectivity index (χ2v) is 5.76. The standard InChI is InChI=1S/C18H19NO4/c1-9-10(2)15(21)14-16(11(9)3)23-17(18(14)22-5)12-6-7-19(4)13(20)8-12/h6-8,21H,1-5H3. The van der Waals surface area contributed by atoms with Crippen LogP contribution >= 0.6 is 0 Å². The van der Waals surface area contributed by atoms with Crippen LogP contribution in [0.5, 0.6) is 11.5 Å². The van der Waals surface area contributed by atoms with E-state index in [1.165, 1.54) is 17.7 Å². The van der Waals surface area contributed by atoms with Crippen LogP contribution in [-0.4, -0.2) is 16.8 Å². The first-order valence-electron chi connectivity index (χ1n) is 7.33. The van der Waals surface area contributed by atoms with Gasteiger partial charge in [0, 0.05) is 24.9 Å². The lowest BCUT2D eigenvalue weighted by molar-refractivity contribution is 0.411. The van der Waals surface area contributed by atoms with Crippen molar-refractivity contribution in [1.82, 2.24) is 4.57 Å². The summed E-state index contributed by atoms with van der Waals surface area (Å²) in [5.74, 6) is 1.04. The highest BCUT2D eigenvalue weighted by atomic mass is 16.5. The van der Waals surface area contributed by atoms with E-state index < -0.39 is 0 Å². The topological polar surface area (TPSA) is 64.6 Å². The van der Waals surface area contributed by atoms with Crippen LogP contribution in [0.2, 0.25) is 0 Å². The minimum atomic E-state index is -0.140. The minimum absolute atomic E-state index is 0.140. The van der Waals surface area contributed by atoms with Gasteiger partial charge in [-0.3, -0.25) is 4.79 Å². The smallest absolute Gasteiger partial charge is 0.250 e. The van der Waals surface area contributed by atoms with Gasteiger partial charge in [0.25, 0.3) is 5.56 Å². The zero-order chi connectivity index (χ0) is 16.9. The second kappa shape index (κ2) is 5.19. The molecule has 0 unspecified atom stereocenters. The third-order valence-electron chi connectivity index (χ3n) is 4.49. The van der Waals surface area contributed by atoms with E-state index in [1.807, 2.05) is 20.8 Å². The molecule has 2 heterocycles. The summed E-state index contributed by atoms with van der Waals surface area (Å²) >= 11 is 0. The van der Waals surface area contributed by atoms with E-state index in [0.717, 1.165) is 16.7 Å². The maximum Gasteiger partial charge on any atom is 0.250 e. The number of phenolic OH excluding ortho intramolecular Hbond substituents is 1. The van der Waals surface area contributed by atoms with Gasteiger partial charge < -0.3 is 18.8 Å². The van der Waals surface area contributed by atoms with Crippen LogP contribution in [0.1, 0.15) is 16.7 Å². The molecule has 0 saturated heterocycles. The van der Waals surface area contributed by atoms with Gasteiger partial charge in [0.05, 0.1) is 7.11 Å². The molecule has 120 valence electrons. The minimum Gasteiger partial charge on any atom is -0.507 e. The summed E-state index contributed by atoms with van der Waals surface area (Å²) in [5, 5.41) is 11.1. The number of pyridine rings is 1. The summed E-state index contributed by atoms with van der Waals surface area (Å²) in [5.41, 5.74) is 3.78. The fraction of sp³-hybridized carbons (Fsp3) is 0.278. The highest BCUT2D eigenvalue weighted by Gasteiger charge is 2.24. The number of benzene rings is 1. The van der Waals surface area contributed by atoms with E-state index in [4.69, 9.17) is 9.15 Å². The molecule has 2 aromatic heterocycles. The molecule has 0 aliphatic heterocycles. The Morgan fingerprint density at radius 2 is 1.87 bits per heavy atom. The molecule has 0 atom stereocenters. The lowest BCUT2D eigenvalue weighted by atomic mass is 9.99. The molecule has 0 aliphatic rings. The van der Waals surface area contributed by atoms with Gasteiger partial charge in [-0.2, -0.15) is 0 Å². The van der Waals surface area contributed by atoms with Gasteiger partial charge >= 0.3 is 0 Å². The van der Waals surface area contributed by atoms with E-state index in [9.17, 15) is 9.90 Å². The van der Waals surface area contributed by atoms with Crippen molar-refractivity contribution in [3.63, 3.8) is 0 Å². The number of aromatic nitrogens is 1. The first-order valence-corrected chi connectivity index (χ1v) is 7.33. The fourth-order valence-corrected chi connectivity index (χ4v) is 2.79. The van der Waals surface area contributed by atoms with Crippen molar-refractivity contribution in [2.75, 3.05) is 7.11 Å². The van der Waals surface area contributed by atoms with Gasteiger partial charge in [-0.15, -0.1) is 0 Å². The molecule has 5 nitrogen and oxygen atoms in total. The Hall–Kier alpha value is -2.69. The van der Waals surface area contributed by atoms with Crippen LogP contribution in [0.3, 0.4) is 0 Å². The highest BCUT2D eigenvalue weighted by molar-refractivity contribution is 5.99. The number of aromatic hydroxyl groups is 1. The number of nitrogens with zero attached hydrogens (tertiary/aromatic N) is 1. The maximum atomic E-state index is 11.9. The van der Waals surface area contributed by atoms with Gasteiger partial charge in [-0.25, -0.2) is 0 Å². The summed E-state index contributed by atoms with van der Waals surface area (Å²) in [6.07, 6.45) is 1.67. The number of furan rings is 1. The Morgan fingerprint density at radius 3 is 2.48 bits per heavy atom. The molecule has 0 spiro atoms. The molecule has 0 aliphatic carbocycles. The number of phenols is 1. The fourth-order valence-electron chi connectivity index (χ4n) is 2.79.